The van der Waals surface area contributed by atoms with Crippen LogP contribution in [0.5, 0.6) is 0 Å². The maximum absolute atomic E-state index is 12.9. The van der Waals surface area contributed by atoms with E-state index in [1.807, 2.05) is 29.2 Å². The summed E-state index contributed by atoms with van der Waals surface area (Å²) < 4.78 is 0. The third-order valence-corrected chi connectivity index (χ3v) is 5.66. The molecule has 0 N–H and O–H groups in total. The van der Waals surface area contributed by atoms with Crippen molar-refractivity contribution in [3.05, 3.63) is 59.1 Å². The molecule has 0 aromatic heterocycles. The second kappa shape index (κ2) is 7.68. The highest BCUT2D eigenvalue weighted by Gasteiger charge is 2.26. The van der Waals surface area contributed by atoms with Crippen LogP contribution >= 0.6 is 11.6 Å². The quantitative estimate of drug-likeness (QED) is 0.829. The van der Waals surface area contributed by atoms with Crippen LogP contribution in [0.1, 0.15) is 12.0 Å². The number of carbonyl (C=O) groups excluding carboxylic acids is 1. The van der Waals surface area contributed by atoms with Gasteiger partial charge in [-0.2, -0.15) is 0 Å². The molecule has 0 bridgehead atoms. The highest BCUT2D eigenvalue weighted by molar-refractivity contribution is 6.33. The van der Waals surface area contributed by atoms with Gasteiger partial charge < -0.3 is 9.80 Å². The molecule has 136 valence electrons. The number of piperazine rings is 1. The molecule has 2 aromatic carbocycles. The standard InChI is InChI=1S/C21H24ClN3O/c22-18-8-2-4-10-20(18)24-14-12-23(13-15-24)16-21(26)25-11-5-7-17-6-1-3-9-19(17)25/h1-4,6,8-10H,5,7,11-16H2. The van der Waals surface area contributed by atoms with Crippen molar-refractivity contribution in [2.24, 2.45) is 0 Å². The Hall–Kier alpha value is -2.04. The third-order valence-electron chi connectivity index (χ3n) is 5.34. The molecule has 0 saturated carbocycles. The number of hydrogen-bond acceptors (Lipinski definition) is 3. The monoisotopic (exact) mass is 369 g/mol. The zero-order valence-electron chi connectivity index (χ0n) is 14.9. The minimum absolute atomic E-state index is 0.211. The molecule has 2 heterocycles. The van der Waals surface area contributed by atoms with Gasteiger partial charge in [-0.05, 0) is 36.6 Å². The summed E-state index contributed by atoms with van der Waals surface area (Å²) in [6.07, 6.45) is 2.11. The SMILES string of the molecule is O=C(CN1CCN(c2ccccc2Cl)CC1)N1CCCc2ccccc21. The molecule has 2 aromatic rings. The summed E-state index contributed by atoms with van der Waals surface area (Å²) in [5.74, 6) is 0.211. The fourth-order valence-electron chi connectivity index (χ4n) is 3.92. The Balaban J connectivity index is 1.36. The van der Waals surface area contributed by atoms with E-state index in [0.717, 1.165) is 62.0 Å². The Kier molecular flexibility index (Phi) is 5.14. The molecule has 1 amide bonds. The van der Waals surface area contributed by atoms with Gasteiger partial charge in [0.1, 0.15) is 0 Å². The molecule has 0 spiro atoms. The van der Waals surface area contributed by atoms with Gasteiger partial charge in [0.15, 0.2) is 0 Å². The van der Waals surface area contributed by atoms with E-state index in [-0.39, 0.29) is 5.91 Å². The van der Waals surface area contributed by atoms with E-state index in [1.54, 1.807) is 0 Å². The summed E-state index contributed by atoms with van der Waals surface area (Å²) in [4.78, 5) is 19.4. The lowest BCUT2D eigenvalue weighted by molar-refractivity contribution is -0.119. The van der Waals surface area contributed by atoms with Crippen LogP contribution in [0.3, 0.4) is 0 Å². The zero-order chi connectivity index (χ0) is 17.9. The van der Waals surface area contributed by atoms with E-state index < -0.39 is 0 Å². The van der Waals surface area contributed by atoms with E-state index >= 15 is 0 Å². The molecule has 2 aliphatic rings. The van der Waals surface area contributed by atoms with Crippen molar-refractivity contribution >= 4 is 28.9 Å². The summed E-state index contributed by atoms with van der Waals surface area (Å²) in [5, 5.41) is 0.793. The molecule has 2 aliphatic heterocycles. The van der Waals surface area contributed by atoms with Crippen molar-refractivity contribution in [1.82, 2.24) is 4.90 Å². The van der Waals surface area contributed by atoms with Crippen LogP contribution in [-0.4, -0.2) is 50.1 Å². The van der Waals surface area contributed by atoms with Crippen molar-refractivity contribution in [3.63, 3.8) is 0 Å². The maximum Gasteiger partial charge on any atom is 0.241 e. The topological polar surface area (TPSA) is 26.8 Å². The number of anilines is 2. The Morgan fingerprint density at radius 3 is 2.35 bits per heavy atom. The number of carbonyl (C=O) groups is 1. The Labute approximate surface area is 160 Å². The summed E-state index contributed by atoms with van der Waals surface area (Å²) in [5.41, 5.74) is 3.47. The van der Waals surface area contributed by atoms with Crippen LogP contribution in [0.2, 0.25) is 5.02 Å². The summed E-state index contributed by atoms with van der Waals surface area (Å²) in [6, 6.07) is 16.3. The minimum Gasteiger partial charge on any atom is -0.368 e. The minimum atomic E-state index is 0.211. The van der Waals surface area contributed by atoms with E-state index in [4.69, 9.17) is 11.6 Å². The number of para-hydroxylation sites is 2. The fourth-order valence-corrected chi connectivity index (χ4v) is 4.18. The first-order chi connectivity index (χ1) is 12.7. The summed E-state index contributed by atoms with van der Waals surface area (Å²) in [6.45, 7) is 4.88. The zero-order valence-corrected chi connectivity index (χ0v) is 15.7. The van der Waals surface area contributed by atoms with Crippen molar-refractivity contribution in [2.75, 3.05) is 49.1 Å². The lowest BCUT2D eigenvalue weighted by Gasteiger charge is -2.37. The molecule has 0 unspecified atom stereocenters. The van der Waals surface area contributed by atoms with Crippen molar-refractivity contribution in [1.29, 1.82) is 0 Å². The fraction of sp³-hybridized carbons (Fsp3) is 0.381. The number of fused-ring (bicyclic) bond motifs is 1. The number of hydrogen-bond donors (Lipinski definition) is 0. The van der Waals surface area contributed by atoms with E-state index in [0.29, 0.717) is 6.54 Å². The van der Waals surface area contributed by atoms with Gasteiger partial charge in [0.2, 0.25) is 5.91 Å². The Bertz CT molecular complexity index is 786. The number of halogens is 1. The van der Waals surface area contributed by atoms with Gasteiger partial charge in [0.05, 0.1) is 17.3 Å². The maximum atomic E-state index is 12.9. The largest absolute Gasteiger partial charge is 0.368 e. The normalized spacial score (nSPS) is 17.9. The van der Waals surface area contributed by atoms with Crippen LogP contribution in [-0.2, 0) is 11.2 Å². The first-order valence-corrected chi connectivity index (χ1v) is 9.70. The van der Waals surface area contributed by atoms with Gasteiger partial charge in [0.25, 0.3) is 0 Å². The Morgan fingerprint density at radius 2 is 1.58 bits per heavy atom. The van der Waals surface area contributed by atoms with Crippen molar-refractivity contribution < 1.29 is 4.79 Å². The van der Waals surface area contributed by atoms with Gasteiger partial charge in [-0.15, -0.1) is 0 Å². The van der Waals surface area contributed by atoms with Crippen LogP contribution in [0, 0.1) is 0 Å². The second-order valence-corrected chi connectivity index (χ2v) is 7.40. The molecule has 1 fully saturated rings. The molecule has 26 heavy (non-hydrogen) atoms. The van der Waals surface area contributed by atoms with E-state index in [2.05, 4.69) is 34.1 Å². The van der Waals surface area contributed by atoms with Gasteiger partial charge in [0, 0.05) is 38.4 Å². The number of benzene rings is 2. The number of nitrogens with zero attached hydrogens (tertiary/aromatic N) is 3. The molecular weight excluding hydrogens is 346 g/mol. The van der Waals surface area contributed by atoms with Gasteiger partial charge >= 0.3 is 0 Å². The summed E-state index contributed by atoms with van der Waals surface area (Å²) in [7, 11) is 0. The van der Waals surface area contributed by atoms with E-state index in [9.17, 15) is 4.79 Å². The number of amides is 1. The Morgan fingerprint density at radius 1 is 0.885 bits per heavy atom. The number of aryl methyl sites for hydroxylation is 1. The van der Waals surface area contributed by atoms with Gasteiger partial charge in [-0.25, -0.2) is 0 Å². The van der Waals surface area contributed by atoms with Crippen LogP contribution in [0.25, 0.3) is 0 Å². The molecule has 0 aliphatic carbocycles. The average molecular weight is 370 g/mol. The molecule has 0 radical (unpaired) electrons. The first kappa shape index (κ1) is 17.4. The molecule has 0 atom stereocenters. The highest BCUT2D eigenvalue weighted by atomic mass is 35.5. The van der Waals surface area contributed by atoms with Crippen LogP contribution in [0.4, 0.5) is 11.4 Å². The molecule has 4 rings (SSSR count). The molecule has 1 saturated heterocycles. The lowest BCUT2D eigenvalue weighted by Crippen LogP contribution is -2.50. The predicted octanol–water partition coefficient (Wildman–Crippen LogP) is 3.44. The average Bonchev–Trinajstić information content (AvgIpc) is 2.68. The van der Waals surface area contributed by atoms with Crippen LogP contribution in [0.15, 0.2) is 48.5 Å². The third kappa shape index (κ3) is 3.57. The first-order valence-electron chi connectivity index (χ1n) is 9.32. The summed E-state index contributed by atoms with van der Waals surface area (Å²) >= 11 is 6.31. The molecular formula is C21H24ClN3O. The second-order valence-electron chi connectivity index (χ2n) is 6.99. The lowest BCUT2D eigenvalue weighted by atomic mass is 10.0. The molecule has 4 nitrogen and oxygen atoms in total. The molecule has 5 heteroatoms. The van der Waals surface area contributed by atoms with Crippen LogP contribution < -0.4 is 9.80 Å². The van der Waals surface area contributed by atoms with E-state index in [1.165, 1.54) is 5.56 Å². The predicted molar refractivity (Wildman–Crippen MR) is 107 cm³/mol. The highest BCUT2D eigenvalue weighted by Crippen LogP contribution is 2.28. The number of rotatable bonds is 3. The van der Waals surface area contributed by atoms with Crippen molar-refractivity contribution in [3.8, 4) is 0 Å². The van der Waals surface area contributed by atoms with Gasteiger partial charge in [-0.1, -0.05) is 41.9 Å². The van der Waals surface area contributed by atoms with Crippen molar-refractivity contribution in [2.45, 2.75) is 12.8 Å². The smallest absolute Gasteiger partial charge is 0.241 e. The van der Waals surface area contributed by atoms with Gasteiger partial charge in [-0.3, -0.25) is 9.69 Å².